The Kier molecular flexibility index (Phi) is 4.87. The topological polar surface area (TPSA) is 76.2 Å². The molecule has 112 valence electrons. The van der Waals surface area contributed by atoms with Gasteiger partial charge in [0.2, 0.25) is 0 Å². The zero-order valence-corrected chi connectivity index (χ0v) is 12.2. The predicted octanol–water partition coefficient (Wildman–Crippen LogP) is 3.44. The second-order valence-electron chi connectivity index (χ2n) is 4.93. The first-order chi connectivity index (χ1) is 10.6. The molecule has 0 spiro atoms. The van der Waals surface area contributed by atoms with Crippen molar-refractivity contribution in [2.75, 3.05) is 13.7 Å². The average molecular weight is 296 g/mol. The summed E-state index contributed by atoms with van der Waals surface area (Å²) < 4.78 is 5.14. The van der Waals surface area contributed by atoms with Crippen LogP contribution in [0, 0.1) is 21.4 Å². The molecule has 2 aromatic carbocycles. The summed E-state index contributed by atoms with van der Waals surface area (Å²) >= 11 is 0. The van der Waals surface area contributed by atoms with Crippen LogP contribution in [0.2, 0.25) is 0 Å². The summed E-state index contributed by atoms with van der Waals surface area (Å²) in [5.41, 5.74) is 0.703. The Morgan fingerprint density at radius 3 is 2.23 bits per heavy atom. The first kappa shape index (κ1) is 15.7. The summed E-state index contributed by atoms with van der Waals surface area (Å²) in [6, 6.07) is 17.9. The number of nitro benzene ring substituents is 1. The van der Waals surface area contributed by atoms with Crippen molar-refractivity contribution in [1.82, 2.24) is 0 Å². The molecule has 22 heavy (non-hydrogen) atoms. The largest absolute Gasteiger partial charge is 0.385 e. The monoisotopic (exact) mass is 296 g/mol. The minimum absolute atomic E-state index is 0.00962. The van der Waals surface area contributed by atoms with E-state index in [0.717, 1.165) is 11.1 Å². The number of non-ortho nitro benzene ring substituents is 1. The zero-order valence-electron chi connectivity index (χ0n) is 12.2. The van der Waals surface area contributed by atoms with Gasteiger partial charge in [-0.25, -0.2) is 0 Å². The van der Waals surface area contributed by atoms with Crippen LogP contribution in [0.4, 0.5) is 5.69 Å². The molecule has 1 atom stereocenters. The molecular formula is C17H16N2O3. The van der Waals surface area contributed by atoms with Crippen LogP contribution >= 0.6 is 0 Å². The van der Waals surface area contributed by atoms with E-state index in [1.807, 2.05) is 30.3 Å². The van der Waals surface area contributed by atoms with E-state index in [-0.39, 0.29) is 5.69 Å². The van der Waals surface area contributed by atoms with E-state index in [1.165, 1.54) is 12.1 Å². The lowest BCUT2D eigenvalue weighted by Crippen LogP contribution is -2.27. The van der Waals surface area contributed by atoms with Gasteiger partial charge in [0.25, 0.3) is 5.69 Å². The summed E-state index contributed by atoms with van der Waals surface area (Å²) in [5, 5.41) is 20.6. The molecule has 1 unspecified atom stereocenters. The number of ether oxygens (including phenoxy) is 1. The molecule has 0 fully saturated rings. The first-order valence-electron chi connectivity index (χ1n) is 6.84. The second-order valence-corrected chi connectivity index (χ2v) is 4.93. The summed E-state index contributed by atoms with van der Waals surface area (Å²) in [4.78, 5) is 10.3. The van der Waals surface area contributed by atoms with Gasteiger partial charge in [0.05, 0.1) is 11.0 Å². The molecular weight excluding hydrogens is 280 g/mol. The number of methoxy groups -OCH3 is 1. The number of rotatable bonds is 6. The Hall–Kier alpha value is -2.71. The smallest absolute Gasteiger partial charge is 0.269 e. The highest BCUT2D eigenvalue weighted by Crippen LogP contribution is 2.36. The number of hydrogen-bond donors (Lipinski definition) is 0. The van der Waals surface area contributed by atoms with E-state index in [9.17, 15) is 15.4 Å². The highest BCUT2D eigenvalue weighted by Gasteiger charge is 2.34. The lowest BCUT2D eigenvalue weighted by molar-refractivity contribution is -0.384. The quantitative estimate of drug-likeness (QED) is 0.604. The Bertz CT molecular complexity index is 677. The van der Waals surface area contributed by atoms with Gasteiger partial charge in [-0.3, -0.25) is 10.1 Å². The van der Waals surface area contributed by atoms with Gasteiger partial charge in [0.15, 0.2) is 0 Å². The fourth-order valence-electron chi connectivity index (χ4n) is 2.49. The zero-order chi connectivity index (χ0) is 16.0. The third-order valence-corrected chi connectivity index (χ3v) is 3.71. The molecule has 0 aliphatic heterocycles. The number of nitrogens with zero attached hydrogens (tertiary/aromatic N) is 2. The van der Waals surface area contributed by atoms with Gasteiger partial charge in [-0.2, -0.15) is 5.26 Å². The van der Waals surface area contributed by atoms with E-state index < -0.39 is 10.3 Å². The number of nitro groups is 1. The van der Waals surface area contributed by atoms with Gasteiger partial charge in [-0.05, 0) is 17.5 Å². The fourth-order valence-corrected chi connectivity index (χ4v) is 2.49. The van der Waals surface area contributed by atoms with Gasteiger partial charge in [0, 0.05) is 25.8 Å². The lowest BCUT2D eigenvalue weighted by atomic mass is 9.73. The molecule has 0 aliphatic carbocycles. The van der Waals surface area contributed by atoms with Crippen molar-refractivity contribution >= 4 is 5.69 Å². The lowest BCUT2D eigenvalue weighted by Gasteiger charge is -2.27. The summed E-state index contributed by atoms with van der Waals surface area (Å²) in [5.74, 6) is 0. The van der Waals surface area contributed by atoms with Crippen molar-refractivity contribution in [3.8, 4) is 6.07 Å². The Labute approximate surface area is 128 Å². The number of nitriles is 1. The second kappa shape index (κ2) is 6.83. The highest BCUT2D eigenvalue weighted by molar-refractivity contribution is 5.48. The van der Waals surface area contributed by atoms with Gasteiger partial charge >= 0.3 is 0 Å². The van der Waals surface area contributed by atoms with Crippen LogP contribution in [0.1, 0.15) is 17.5 Å². The molecule has 0 saturated carbocycles. The SMILES string of the molecule is COCCC(C#N)(c1ccccc1)c1ccc([N+](=O)[O-])cc1. The molecule has 0 aromatic heterocycles. The van der Waals surface area contributed by atoms with Crippen molar-refractivity contribution in [3.63, 3.8) is 0 Å². The van der Waals surface area contributed by atoms with Crippen LogP contribution < -0.4 is 0 Å². The molecule has 0 radical (unpaired) electrons. The molecule has 0 aliphatic rings. The molecule has 5 heteroatoms. The Morgan fingerprint density at radius 2 is 1.73 bits per heavy atom. The molecule has 0 saturated heterocycles. The minimum atomic E-state index is -0.883. The third kappa shape index (κ3) is 2.97. The van der Waals surface area contributed by atoms with E-state index in [2.05, 4.69) is 6.07 Å². The normalized spacial score (nSPS) is 13.1. The average Bonchev–Trinajstić information content (AvgIpc) is 2.57. The van der Waals surface area contributed by atoms with E-state index in [0.29, 0.717) is 13.0 Å². The van der Waals surface area contributed by atoms with Gasteiger partial charge in [-0.1, -0.05) is 42.5 Å². The first-order valence-corrected chi connectivity index (χ1v) is 6.84. The van der Waals surface area contributed by atoms with Crippen LogP contribution in [0.5, 0.6) is 0 Å². The maximum absolute atomic E-state index is 10.8. The maximum atomic E-state index is 10.8. The summed E-state index contributed by atoms with van der Waals surface area (Å²) in [7, 11) is 1.59. The highest BCUT2D eigenvalue weighted by atomic mass is 16.6. The maximum Gasteiger partial charge on any atom is 0.269 e. The van der Waals surface area contributed by atoms with Crippen LogP contribution in [0.3, 0.4) is 0 Å². The van der Waals surface area contributed by atoms with Crippen molar-refractivity contribution in [2.24, 2.45) is 0 Å². The van der Waals surface area contributed by atoms with Crippen molar-refractivity contribution < 1.29 is 9.66 Å². The number of hydrogen-bond acceptors (Lipinski definition) is 4. The van der Waals surface area contributed by atoms with Gasteiger partial charge in [0.1, 0.15) is 5.41 Å². The molecule has 2 aromatic rings. The van der Waals surface area contributed by atoms with E-state index in [1.54, 1.807) is 19.2 Å². The molecule has 0 amide bonds. The van der Waals surface area contributed by atoms with Crippen LogP contribution in [-0.4, -0.2) is 18.6 Å². The summed E-state index contributed by atoms with van der Waals surface area (Å²) in [6.07, 6.45) is 0.474. The van der Waals surface area contributed by atoms with Crippen LogP contribution in [-0.2, 0) is 10.2 Å². The van der Waals surface area contributed by atoms with E-state index in [4.69, 9.17) is 4.74 Å². The third-order valence-electron chi connectivity index (χ3n) is 3.71. The van der Waals surface area contributed by atoms with Crippen molar-refractivity contribution in [1.29, 1.82) is 5.26 Å². The van der Waals surface area contributed by atoms with Gasteiger partial charge < -0.3 is 4.74 Å². The fraction of sp³-hybridized carbons (Fsp3) is 0.235. The summed E-state index contributed by atoms with van der Waals surface area (Å²) in [6.45, 7) is 0.416. The Morgan fingerprint density at radius 1 is 1.14 bits per heavy atom. The molecule has 0 N–H and O–H groups in total. The van der Waals surface area contributed by atoms with Crippen molar-refractivity contribution in [3.05, 3.63) is 75.8 Å². The Balaban J connectivity index is 2.53. The number of benzene rings is 2. The molecule has 5 nitrogen and oxygen atoms in total. The van der Waals surface area contributed by atoms with E-state index >= 15 is 0 Å². The predicted molar refractivity (Wildman–Crippen MR) is 82.4 cm³/mol. The minimum Gasteiger partial charge on any atom is -0.385 e. The molecule has 2 rings (SSSR count). The van der Waals surface area contributed by atoms with Crippen LogP contribution in [0.25, 0.3) is 0 Å². The van der Waals surface area contributed by atoms with Crippen molar-refractivity contribution in [2.45, 2.75) is 11.8 Å². The molecule has 0 bridgehead atoms. The molecule has 0 heterocycles. The van der Waals surface area contributed by atoms with Gasteiger partial charge in [-0.15, -0.1) is 0 Å². The standard InChI is InChI=1S/C17H16N2O3/c1-22-12-11-17(13-18,14-5-3-2-4-6-14)15-7-9-16(10-8-15)19(20)21/h2-10H,11-12H2,1H3. The van der Waals surface area contributed by atoms with Crippen LogP contribution in [0.15, 0.2) is 54.6 Å².